The van der Waals surface area contributed by atoms with Crippen LogP contribution in [0.2, 0.25) is 0 Å². The quantitative estimate of drug-likeness (QED) is 0.182. The first-order valence-corrected chi connectivity index (χ1v) is 12.8. The lowest BCUT2D eigenvalue weighted by Gasteiger charge is -2.29. The fraction of sp³-hybridized carbons (Fsp3) is 0.500. The number of oxime groups is 1. The van der Waals surface area contributed by atoms with E-state index < -0.39 is 0 Å². The van der Waals surface area contributed by atoms with E-state index in [1.807, 2.05) is 31.2 Å². The minimum absolute atomic E-state index is 0.594. The first kappa shape index (κ1) is 26.7. The summed E-state index contributed by atoms with van der Waals surface area (Å²) in [4.78, 5) is 4.93. The zero-order chi connectivity index (χ0) is 25.0. The van der Waals surface area contributed by atoms with Crippen molar-refractivity contribution in [1.29, 1.82) is 0 Å². The fourth-order valence-electron chi connectivity index (χ4n) is 4.62. The number of ether oxygens (including phenoxy) is 3. The molecule has 0 aromatic heterocycles. The van der Waals surface area contributed by atoms with Crippen LogP contribution in [0.4, 0.5) is 0 Å². The zero-order valence-electron chi connectivity index (χ0n) is 22.0. The molecule has 1 fully saturated rings. The van der Waals surface area contributed by atoms with Gasteiger partial charge in [-0.2, -0.15) is 0 Å². The summed E-state index contributed by atoms with van der Waals surface area (Å²) in [6.45, 7) is 10.4. The van der Waals surface area contributed by atoms with Crippen molar-refractivity contribution in [1.82, 2.24) is 0 Å². The predicted octanol–water partition coefficient (Wildman–Crippen LogP) is 7.28. The highest BCUT2D eigenvalue weighted by Gasteiger charge is 2.23. The maximum atomic E-state index is 6.29. The number of hydrogen-bond acceptors (Lipinski definition) is 5. The highest BCUT2D eigenvalue weighted by Crippen LogP contribution is 2.33. The minimum Gasteiger partial charge on any atom is -0.493 e. The van der Waals surface area contributed by atoms with E-state index in [0.29, 0.717) is 18.4 Å². The maximum Gasteiger partial charge on any atom is 0.125 e. The first-order valence-electron chi connectivity index (χ1n) is 12.8. The van der Waals surface area contributed by atoms with Crippen molar-refractivity contribution in [3.8, 4) is 17.2 Å². The summed E-state index contributed by atoms with van der Waals surface area (Å²) in [5.74, 6) is 4.01. The molecule has 1 saturated carbocycles. The molecule has 190 valence electrons. The van der Waals surface area contributed by atoms with Gasteiger partial charge in [-0.05, 0) is 118 Å². The predicted molar refractivity (Wildman–Crippen MR) is 143 cm³/mol. The molecule has 0 heterocycles. The summed E-state index contributed by atoms with van der Waals surface area (Å²) in [5.41, 5.74) is 4.28. The van der Waals surface area contributed by atoms with E-state index in [0.717, 1.165) is 59.3 Å². The molecule has 5 nitrogen and oxygen atoms in total. The number of aryl methyl sites for hydroxylation is 2. The second-order valence-corrected chi connectivity index (χ2v) is 9.37. The molecular formula is C30H41NO4. The van der Waals surface area contributed by atoms with Crippen LogP contribution in [0.3, 0.4) is 0 Å². The molecule has 0 spiro atoms. The molecule has 0 unspecified atom stereocenters. The zero-order valence-corrected chi connectivity index (χ0v) is 22.0. The van der Waals surface area contributed by atoms with E-state index in [1.165, 1.54) is 25.7 Å². The molecule has 0 N–H and O–H groups in total. The minimum atomic E-state index is 0.594. The molecule has 0 radical (unpaired) electrons. The second kappa shape index (κ2) is 13.8. The van der Waals surface area contributed by atoms with Crippen molar-refractivity contribution in [3.05, 3.63) is 65.2 Å². The summed E-state index contributed by atoms with van der Waals surface area (Å²) in [5, 5.41) is 4.09. The van der Waals surface area contributed by atoms with Crippen LogP contribution in [0.5, 0.6) is 17.2 Å². The van der Waals surface area contributed by atoms with E-state index in [1.54, 1.807) is 7.11 Å². The number of hydrogen-bond donors (Lipinski definition) is 0. The molecule has 0 aliphatic heterocycles. The van der Waals surface area contributed by atoms with Crippen LogP contribution in [0.15, 0.2) is 53.7 Å². The Morgan fingerprint density at radius 3 is 2.03 bits per heavy atom. The molecule has 2 aromatic rings. The Hall–Kier alpha value is -2.95. The highest BCUT2D eigenvalue weighted by atomic mass is 16.6. The van der Waals surface area contributed by atoms with Gasteiger partial charge in [-0.25, -0.2) is 0 Å². The Kier molecular flexibility index (Phi) is 10.5. The second-order valence-electron chi connectivity index (χ2n) is 9.37. The van der Waals surface area contributed by atoms with Gasteiger partial charge < -0.3 is 19.0 Å². The van der Waals surface area contributed by atoms with Crippen molar-refractivity contribution in [2.24, 2.45) is 17.0 Å². The van der Waals surface area contributed by atoms with Gasteiger partial charge in [0.2, 0.25) is 0 Å². The molecule has 0 bridgehead atoms. The van der Waals surface area contributed by atoms with Gasteiger partial charge in [0.15, 0.2) is 0 Å². The number of allylic oxidation sites excluding steroid dienone is 1. The third-order valence-corrected chi connectivity index (χ3v) is 6.66. The van der Waals surface area contributed by atoms with Crippen LogP contribution in [0.1, 0.15) is 62.6 Å². The van der Waals surface area contributed by atoms with Gasteiger partial charge in [-0.15, -0.1) is 0 Å². The van der Waals surface area contributed by atoms with Crippen LogP contribution in [-0.4, -0.2) is 32.6 Å². The van der Waals surface area contributed by atoms with Crippen molar-refractivity contribution in [2.45, 2.75) is 59.8 Å². The number of rotatable bonds is 12. The van der Waals surface area contributed by atoms with Gasteiger partial charge in [0, 0.05) is 0 Å². The normalized spacial score (nSPS) is 18.5. The van der Waals surface area contributed by atoms with Crippen LogP contribution in [0, 0.1) is 25.7 Å². The molecule has 0 amide bonds. The smallest absolute Gasteiger partial charge is 0.125 e. The lowest BCUT2D eigenvalue weighted by atomic mass is 9.83. The third kappa shape index (κ3) is 8.05. The summed E-state index contributed by atoms with van der Waals surface area (Å²) in [6, 6.07) is 12.3. The number of nitrogens with zero attached hydrogens (tertiary/aromatic N) is 1. The van der Waals surface area contributed by atoms with Crippen molar-refractivity contribution < 1.29 is 19.0 Å². The third-order valence-electron chi connectivity index (χ3n) is 6.66. The van der Waals surface area contributed by atoms with Crippen molar-refractivity contribution >= 4 is 5.71 Å². The molecular weight excluding hydrogens is 438 g/mol. The molecule has 1 aliphatic rings. The van der Waals surface area contributed by atoms with E-state index in [9.17, 15) is 0 Å². The van der Waals surface area contributed by atoms with Gasteiger partial charge in [0.05, 0.1) is 18.9 Å². The largest absolute Gasteiger partial charge is 0.493 e. The van der Waals surface area contributed by atoms with Gasteiger partial charge in [0.25, 0.3) is 0 Å². The Morgan fingerprint density at radius 1 is 0.886 bits per heavy atom. The Balaban J connectivity index is 1.41. The molecule has 0 saturated heterocycles. The Morgan fingerprint density at radius 2 is 1.49 bits per heavy atom. The van der Waals surface area contributed by atoms with Gasteiger partial charge in [0.1, 0.15) is 31.0 Å². The average molecular weight is 480 g/mol. The van der Waals surface area contributed by atoms with Gasteiger partial charge in [-0.3, -0.25) is 0 Å². The van der Waals surface area contributed by atoms with E-state index in [4.69, 9.17) is 19.0 Å². The molecule has 5 heteroatoms. The van der Waals surface area contributed by atoms with Gasteiger partial charge in [-0.1, -0.05) is 24.2 Å². The SMILES string of the molecule is C/C=C/COc1cc(C)c(OCC2CCC(COc3ccc(/C(CC)=N\OC)cc3)CC2)c(C)c1. The molecule has 2 aromatic carbocycles. The lowest BCUT2D eigenvalue weighted by molar-refractivity contribution is 0.147. The van der Waals surface area contributed by atoms with E-state index in [2.05, 4.69) is 50.2 Å². The standard InChI is InChI=1S/C30H41NO4/c1-6-8-17-33-28-18-22(3)30(23(4)19-28)35-21-25-11-9-24(10-12-25)20-34-27-15-13-26(14-16-27)29(7-2)31-32-5/h6,8,13-16,18-19,24-25H,7,9-12,17,20-21H2,1-5H3/b8-6+,31-29-. The average Bonchev–Trinajstić information content (AvgIpc) is 2.87. The summed E-state index contributed by atoms with van der Waals surface area (Å²) >= 11 is 0. The molecule has 35 heavy (non-hydrogen) atoms. The topological polar surface area (TPSA) is 49.3 Å². The fourth-order valence-corrected chi connectivity index (χ4v) is 4.62. The van der Waals surface area contributed by atoms with Crippen molar-refractivity contribution in [3.63, 3.8) is 0 Å². The van der Waals surface area contributed by atoms with Crippen LogP contribution in [0.25, 0.3) is 0 Å². The maximum absolute atomic E-state index is 6.29. The van der Waals surface area contributed by atoms with Crippen LogP contribution in [-0.2, 0) is 4.84 Å². The molecule has 0 atom stereocenters. The summed E-state index contributed by atoms with van der Waals surface area (Å²) in [6.07, 6.45) is 9.57. The lowest BCUT2D eigenvalue weighted by Crippen LogP contribution is -2.23. The Labute approximate surface area is 211 Å². The van der Waals surface area contributed by atoms with E-state index in [-0.39, 0.29) is 0 Å². The molecule has 3 rings (SSSR count). The van der Waals surface area contributed by atoms with Crippen LogP contribution < -0.4 is 14.2 Å². The summed E-state index contributed by atoms with van der Waals surface area (Å²) < 4.78 is 18.2. The monoisotopic (exact) mass is 479 g/mol. The Bertz CT molecular complexity index is 949. The summed E-state index contributed by atoms with van der Waals surface area (Å²) in [7, 11) is 1.58. The molecule has 1 aliphatic carbocycles. The van der Waals surface area contributed by atoms with Crippen LogP contribution >= 0.6 is 0 Å². The van der Waals surface area contributed by atoms with Gasteiger partial charge >= 0.3 is 0 Å². The van der Waals surface area contributed by atoms with E-state index >= 15 is 0 Å². The highest BCUT2D eigenvalue weighted by molar-refractivity contribution is 6.00. The van der Waals surface area contributed by atoms with Crippen molar-refractivity contribution in [2.75, 3.05) is 26.9 Å². The first-order chi connectivity index (χ1) is 17.0. The number of benzene rings is 2.